The number of nitrogens with one attached hydrogen (secondary N) is 1. The normalized spacial score (nSPS) is 11.2. The summed E-state index contributed by atoms with van der Waals surface area (Å²) in [4.78, 5) is 0. The molecule has 0 aliphatic rings. The predicted octanol–water partition coefficient (Wildman–Crippen LogP) is 3.55. The summed E-state index contributed by atoms with van der Waals surface area (Å²) >= 11 is 0. The monoisotopic (exact) mass is 249 g/mol. The predicted molar refractivity (Wildman–Crippen MR) is 74.8 cm³/mol. The van der Waals surface area contributed by atoms with Crippen LogP contribution >= 0.6 is 0 Å². The standard InChI is InChI=1S/C15H23NO2/c1-6-18-14(16)10-11-9-12(15(2,3)4)7-8-13(11)17-5/h7-9,16H,6,10H2,1-5H3. The maximum absolute atomic E-state index is 7.75. The second-order valence-corrected chi connectivity index (χ2v) is 5.31. The molecule has 0 bridgehead atoms. The zero-order chi connectivity index (χ0) is 13.8. The second-order valence-electron chi connectivity index (χ2n) is 5.31. The van der Waals surface area contributed by atoms with Crippen LogP contribution in [-0.4, -0.2) is 19.6 Å². The number of hydrogen-bond donors (Lipinski definition) is 1. The van der Waals surface area contributed by atoms with Crippen molar-refractivity contribution in [3.8, 4) is 5.75 Å². The number of ether oxygens (including phenoxy) is 2. The lowest BCUT2D eigenvalue weighted by Gasteiger charge is -2.21. The molecule has 1 N–H and O–H groups in total. The highest BCUT2D eigenvalue weighted by Gasteiger charge is 2.16. The van der Waals surface area contributed by atoms with Gasteiger partial charge >= 0.3 is 0 Å². The lowest BCUT2D eigenvalue weighted by Crippen LogP contribution is -2.13. The van der Waals surface area contributed by atoms with Crippen LogP contribution in [0.3, 0.4) is 0 Å². The number of rotatable bonds is 4. The quantitative estimate of drug-likeness (QED) is 0.655. The molecular weight excluding hydrogens is 226 g/mol. The van der Waals surface area contributed by atoms with E-state index in [2.05, 4.69) is 32.9 Å². The summed E-state index contributed by atoms with van der Waals surface area (Å²) in [5.41, 5.74) is 2.33. The third kappa shape index (κ3) is 3.76. The van der Waals surface area contributed by atoms with Gasteiger partial charge in [-0.25, -0.2) is 0 Å². The van der Waals surface area contributed by atoms with Gasteiger partial charge in [-0.15, -0.1) is 0 Å². The Kier molecular flexibility index (Phi) is 4.76. The topological polar surface area (TPSA) is 42.3 Å². The van der Waals surface area contributed by atoms with E-state index < -0.39 is 0 Å². The molecule has 0 spiro atoms. The zero-order valence-corrected chi connectivity index (χ0v) is 12.0. The molecule has 1 aromatic carbocycles. The van der Waals surface area contributed by atoms with Crippen molar-refractivity contribution >= 4 is 5.90 Å². The van der Waals surface area contributed by atoms with Gasteiger partial charge in [0.25, 0.3) is 0 Å². The van der Waals surface area contributed by atoms with Gasteiger partial charge < -0.3 is 9.47 Å². The number of hydrogen-bond acceptors (Lipinski definition) is 3. The lowest BCUT2D eigenvalue weighted by molar-refractivity contribution is 0.316. The third-order valence-electron chi connectivity index (χ3n) is 2.82. The van der Waals surface area contributed by atoms with E-state index in [1.807, 2.05) is 13.0 Å². The molecule has 0 saturated carbocycles. The Hall–Kier alpha value is -1.51. The van der Waals surface area contributed by atoms with E-state index >= 15 is 0 Å². The summed E-state index contributed by atoms with van der Waals surface area (Å²) in [5, 5.41) is 7.75. The van der Waals surface area contributed by atoms with Crippen LogP contribution in [0.2, 0.25) is 0 Å². The zero-order valence-electron chi connectivity index (χ0n) is 12.0. The van der Waals surface area contributed by atoms with Crippen LogP contribution in [0.15, 0.2) is 18.2 Å². The maximum atomic E-state index is 7.75. The van der Waals surface area contributed by atoms with Gasteiger partial charge in [0.1, 0.15) is 5.75 Å². The molecule has 18 heavy (non-hydrogen) atoms. The van der Waals surface area contributed by atoms with Gasteiger partial charge in [-0.05, 0) is 24.0 Å². The Bertz CT molecular complexity index is 419. The van der Waals surface area contributed by atoms with Crippen molar-refractivity contribution in [2.75, 3.05) is 13.7 Å². The average molecular weight is 249 g/mol. The second kappa shape index (κ2) is 5.89. The first-order valence-corrected chi connectivity index (χ1v) is 6.26. The SMILES string of the molecule is CCOC(=N)Cc1cc(C(C)(C)C)ccc1OC. The molecule has 0 aromatic heterocycles. The van der Waals surface area contributed by atoms with Gasteiger partial charge in [0.05, 0.1) is 20.1 Å². The molecule has 1 rings (SSSR count). The number of methoxy groups -OCH3 is 1. The maximum Gasteiger partial charge on any atom is 0.184 e. The molecule has 3 heteroatoms. The molecule has 0 heterocycles. The van der Waals surface area contributed by atoms with Crippen LogP contribution in [0.1, 0.15) is 38.8 Å². The molecule has 0 fully saturated rings. The van der Waals surface area contributed by atoms with Crippen molar-refractivity contribution < 1.29 is 9.47 Å². The fourth-order valence-corrected chi connectivity index (χ4v) is 1.78. The lowest BCUT2D eigenvalue weighted by atomic mass is 9.85. The minimum absolute atomic E-state index is 0.0921. The number of benzene rings is 1. The highest BCUT2D eigenvalue weighted by Crippen LogP contribution is 2.28. The van der Waals surface area contributed by atoms with Gasteiger partial charge in [0, 0.05) is 5.56 Å². The van der Waals surface area contributed by atoms with E-state index in [1.54, 1.807) is 7.11 Å². The Morgan fingerprint density at radius 1 is 1.28 bits per heavy atom. The van der Waals surface area contributed by atoms with Gasteiger partial charge in [-0.1, -0.05) is 32.9 Å². The van der Waals surface area contributed by atoms with E-state index in [-0.39, 0.29) is 11.3 Å². The molecule has 100 valence electrons. The van der Waals surface area contributed by atoms with Crippen LogP contribution < -0.4 is 4.74 Å². The first-order chi connectivity index (χ1) is 8.38. The minimum atomic E-state index is 0.0921. The largest absolute Gasteiger partial charge is 0.496 e. The first kappa shape index (κ1) is 14.6. The molecule has 0 atom stereocenters. The Morgan fingerprint density at radius 2 is 1.94 bits per heavy atom. The van der Waals surface area contributed by atoms with Crippen molar-refractivity contribution in [1.29, 1.82) is 5.41 Å². The summed E-state index contributed by atoms with van der Waals surface area (Å²) in [7, 11) is 1.65. The van der Waals surface area contributed by atoms with Crippen LogP contribution in [0.25, 0.3) is 0 Å². The first-order valence-electron chi connectivity index (χ1n) is 6.26. The van der Waals surface area contributed by atoms with Gasteiger partial charge in [-0.2, -0.15) is 0 Å². The van der Waals surface area contributed by atoms with Crippen molar-refractivity contribution in [3.63, 3.8) is 0 Å². The highest BCUT2D eigenvalue weighted by molar-refractivity contribution is 5.76. The summed E-state index contributed by atoms with van der Waals surface area (Å²) in [6, 6.07) is 6.15. The van der Waals surface area contributed by atoms with E-state index in [9.17, 15) is 0 Å². The molecule has 0 aliphatic carbocycles. The molecule has 0 saturated heterocycles. The highest BCUT2D eigenvalue weighted by atomic mass is 16.5. The fourth-order valence-electron chi connectivity index (χ4n) is 1.78. The van der Waals surface area contributed by atoms with Gasteiger partial charge in [-0.3, -0.25) is 5.41 Å². The van der Waals surface area contributed by atoms with Gasteiger partial charge in [0.15, 0.2) is 5.90 Å². The molecule has 1 aromatic rings. The summed E-state index contributed by atoms with van der Waals surface area (Å²) in [6.45, 7) is 8.93. The summed E-state index contributed by atoms with van der Waals surface area (Å²) < 4.78 is 10.5. The van der Waals surface area contributed by atoms with Crippen LogP contribution in [0.5, 0.6) is 5.75 Å². The summed E-state index contributed by atoms with van der Waals surface area (Å²) in [5.74, 6) is 1.09. The Labute approximate surface area is 110 Å². The third-order valence-corrected chi connectivity index (χ3v) is 2.82. The van der Waals surface area contributed by atoms with E-state index in [0.29, 0.717) is 13.0 Å². The average Bonchev–Trinajstić information content (AvgIpc) is 2.28. The van der Waals surface area contributed by atoms with Crippen molar-refractivity contribution in [1.82, 2.24) is 0 Å². The Balaban J connectivity index is 3.03. The Morgan fingerprint density at radius 3 is 2.44 bits per heavy atom. The van der Waals surface area contributed by atoms with Crippen LogP contribution in [-0.2, 0) is 16.6 Å². The summed E-state index contributed by atoms with van der Waals surface area (Å²) in [6.07, 6.45) is 0.473. The molecule has 0 radical (unpaired) electrons. The van der Waals surface area contributed by atoms with Crippen LogP contribution in [0.4, 0.5) is 0 Å². The van der Waals surface area contributed by atoms with E-state index in [4.69, 9.17) is 14.9 Å². The van der Waals surface area contributed by atoms with E-state index in [1.165, 1.54) is 5.56 Å². The molecule has 3 nitrogen and oxygen atoms in total. The fraction of sp³-hybridized carbons (Fsp3) is 0.533. The van der Waals surface area contributed by atoms with Crippen molar-refractivity contribution in [2.45, 2.75) is 39.5 Å². The molecule has 0 unspecified atom stereocenters. The smallest absolute Gasteiger partial charge is 0.184 e. The van der Waals surface area contributed by atoms with Crippen molar-refractivity contribution in [2.24, 2.45) is 0 Å². The molecule has 0 aliphatic heterocycles. The van der Waals surface area contributed by atoms with Crippen molar-refractivity contribution in [3.05, 3.63) is 29.3 Å². The minimum Gasteiger partial charge on any atom is -0.496 e. The molecular formula is C15H23NO2. The van der Waals surface area contributed by atoms with Gasteiger partial charge in [0.2, 0.25) is 0 Å². The van der Waals surface area contributed by atoms with E-state index in [0.717, 1.165) is 11.3 Å². The van der Waals surface area contributed by atoms with Crippen LogP contribution in [0, 0.1) is 5.41 Å². The molecule has 0 amide bonds.